The normalized spacial score (nSPS) is 31.6. The van der Waals surface area contributed by atoms with Crippen LogP contribution in [0.1, 0.15) is 6.42 Å². The number of nitrogens with zero attached hydrogens (tertiary/aromatic N) is 4. The number of hydrogen-bond donors (Lipinski definition) is 3. The molecule has 7 nitrogen and oxygen atoms in total. The molecule has 94 valence electrons. The molecule has 1 fully saturated rings. The van der Waals surface area contributed by atoms with Crippen molar-refractivity contribution < 1.29 is 10.2 Å². The van der Waals surface area contributed by atoms with Gasteiger partial charge in [-0.25, -0.2) is 0 Å². The van der Waals surface area contributed by atoms with Crippen molar-refractivity contribution in [1.29, 1.82) is 10.8 Å². The van der Waals surface area contributed by atoms with E-state index >= 15 is 0 Å². The van der Waals surface area contributed by atoms with Crippen LogP contribution in [0.15, 0.2) is 17.4 Å². The number of thioether (sulfide) groups is 1. The highest BCUT2D eigenvalue weighted by Gasteiger charge is 2.37. The Bertz CT molecular complexity index is 322. The summed E-state index contributed by atoms with van der Waals surface area (Å²) in [5, 5.41) is 33.7. The zero-order valence-electron chi connectivity index (χ0n) is 9.23. The molecule has 3 N–H and O–H groups in total. The van der Waals surface area contributed by atoms with Crippen molar-refractivity contribution in [3.8, 4) is 0 Å². The molecule has 2 heterocycles. The van der Waals surface area contributed by atoms with Crippen molar-refractivity contribution in [2.45, 2.75) is 23.1 Å². The molecule has 0 aromatic rings. The van der Waals surface area contributed by atoms with Crippen LogP contribution in [0, 0.1) is 10.8 Å². The topological polar surface area (TPSA) is 116 Å². The van der Waals surface area contributed by atoms with Gasteiger partial charge in [-0.1, -0.05) is 6.58 Å². The lowest BCUT2D eigenvalue weighted by Crippen LogP contribution is -2.40. The molecular formula is C9H15N5O2S. The smallest absolute Gasteiger partial charge is 0.114 e. The monoisotopic (exact) mass is 257 g/mol. The van der Waals surface area contributed by atoms with Crippen LogP contribution in [0.4, 0.5) is 0 Å². The van der Waals surface area contributed by atoms with E-state index in [0.717, 1.165) is 5.82 Å². The van der Waals surface area contributed by atoms with Gasteiger partial charge < -0.3 is 20.4 Å². The van der Waals surface area contributed by atoms with Crippen molar-refractivity contribution in [2.75, 3.05) is 13.3 Å². The average molecular weight is 257 g/mol. The SMILES string of the molecule is C=C1NC=NCN1[C@H]1CC(O)[C@@H](CO)S1.N#N. The van der Waals surface area contributed by atoms with Crippen molar-refractivity contribution in [3.63, 3.8) is 0 Å². The molecule has 0 bridgehead atoms. The summed E-state index contributed by atoms with van der Waals surface area (Å²) in [6, 6.07) is 0. The first-order valence-corrected chi connectivity index (χ1v) is 6.01. The molecule has 0 spiro atoms. The van der Waals surface area contributed by atoms with E-state index in [1.165, 1.54) is 0 Å². The number of aliphatic hydroxyl groups is 2. The van der Waals surface area contributed by atoms with Crippen LogP contribution in [0.25, 0.3) is 0 Å². The van der Waals surface area contributed by atoms with Crippen molar-refractivity contribution in [3.05, 3.63) is 12.4 Å². The number of aliphatic imine (C=N–C) groups is 1. The molecule has 0 saturated carbocycles. The van der Waals surface area contributed by atoms with Gasteiger partial charge >= 0.3 is 0 Å². The second-order valence-electron chi connectivity index (χ2n) is 3.63. The lowest BCUT2D eigenvalue weighted by Gasteiger charge is -2.32. The standard InChI is InChI=1S/C9H15N3O2S.N2/c1-6-11-4-10-5-12(6)9-2-7(14)8(3-13)15-9;1-2/h4,7-9,13-14H,1-3,5H2,(H,10,11);/t7?,8-,9-;/m1./s1. The molecule has 2 rings (SSSR count). The highest BCUT2D eigenvalue weighted by atomic mass is 32.2. The first kappa shape index (κ1) is 13.8. The van der Waals surface area contributed by atoms with E-state index in [2.05, 4.69) is 16.9 Å². The first-order chi connectivity index (χ1) is 8.22. The van der Waals surface area contributed by atoms with Crippen molar-refractivity contribution >= 4 is 18.1 Å². The summed E-state index contributed by atoms with van der Waals surface area (Å²) in [7, 11) is 0. The molecule has 2 aliphatic heterocycles. The lowest BCUT2D eigenvalue weighted by molar-refractivity contribution is 0.129. The Kier molecular flexibility index (Phi) is 5.21. The van der Waals surface area contributed by atoms with Crippen molar-refractivity contribution in [2.24, 2.45) is 4.99 Å². The zero-order chi connectivity index (χ0) is 12.8. The van der Waals surface area contributed by atoms with E-state index < -0.39 is 6.10 Å². The Morgan fingerprint density at radius 1 is 1.65 bits per heavy atom. The summed E-state index contributed by atoms with van der Waals surface area (Å²) in [6.07, 6.45) is 1.83. The van der Waals surface area contributed by atoms with Gasteiger partial charge in [-0.2, -0.15) is 0 Å². The van der Waals surface area contributed by atoms with E-state index in [4.69, 9.17) is 15.9 Å². The maximum atomic E-state index is 9.68. The van der Waals surface area contributed by atoms with Crippen LogP contribution in [-0.4, -0.2) is 51.5 Å². The second kappa shape index (κ2) is 6.44. The Hall–Kier alpha value is -1.30. The lowest BCUT2D eigenvalue weighted by atomic mass is 10.2. The summed E-state index contributed by atoms with van der Waals surface area (Å²) in [5.41, 5.74) is 0. The largest absolute Gasteiger partial charge is 0.395 e. The summed E-state index contributed by atoms with van der Waals surface area (Å²) >= 11 is 1.58. The number of nitrogens with one attached hydrogen (secondary N) is 1. The summed E-state index contributed by atoms with van der Waals surface area (Å²) in [6.45, 7) is 4.46. The van der Waals surface area contributed by atoms with Gasteiger partial charge in [0.05, 0.1) is 29.7 Å². The predicted octanol–water partition coefficient (Wildman–Crippen LogP) is -0.436. The predicted molar refractivity (Wildman–Crippen MR) is 63.8 cm³/mol. The van der Waals surface area contributed by atoms with E-state index in [1.54, 1.807) is 18.1 Å². The Balaban J connectivity index is 0.000000686. The maximum Gasteiger partial charge on any atom is 0.114 e. The molecule has 17 heavy (non-hydrogen) atoms. The average Bonchev–Trinajstić information content (AvgIpc) is 2.73. The summed E-state index contributed by atoms with van der Waals surface area (Å²) in [4.78, 5) is 6.10. The Morgan fingerprint density at radius 2 is 2.35 bits per heavy atom. The minimum absolute atomic E-state index is 0.0132. The molecule has 0 aromatic carbocycles. The third kappa shape index (κ3) is 3.09. The molecule has 8 heteroatoms. The quantitative estimate of drug-likeness (QED) is 0.574. The minimum Gasteiger partial charge on any atom is -0.395 e. The van der Waals surface area contributed by atoms with Gasteiger partial charge in [0.2, 0.25) is 0 Å². The van der Waals surface area contributed by atoms with Crippen LogP contribution in [0.2, 0.25) is 0 Å². The van der Waals surface area contributed by atoms with E-state index in [1.807, 2.05) is 4.90 Å². The van der Waals surface area contributed by atoms with E-state index in [-0.39, 0.29) is 17.2 Å². The summed E-state index contributed by atoms with van der Waals surface area (Å²) in [5.74, 6) is 0.799. The molecule has 0 aliphatic carbocycles. The van der Waals surface area contributed by atoms with Crippen molar-refractivity contribution in [1.82, 2.24) is 10.2 Å². The van der Waals surface area contributed by atoms with Crippen LogP contribution in [0.3, 0.4) is 0 Å². The van der Waals surface area contributed by atoms with Gasteiger partial charge in [0.25, 0.3) is 0 Å². The molecule has 2 aliphatic rings. The Morgan fingerprint density at radius 3 is 2.88 bits per heavy atom. The molecule has 1 unspecified atom stereocenters. The number of hydrogen-bond acceptors (Lipinski definition) is 8. The number of aliphatic hydroxyl groups excluding tert-OH is 2. The number of rotatable bonds is 2. The molecule has 3 atom stereocenters. The fourth-order valence-electron chi connectivity index (χ4n) is 1.75. The third-order valence-corrected chi connectivity index (χ3v) is 4.21. The second-order valence-corrected chi connectivity index (χ2v) is 5.05. The molecular weight excluding hydrogens is 242 g/mol. The minimum atomic E-state index is -0.441. The van der Waals surface area contributed by atoms with Crippen LogP contribution >= 0.6 is 11.8 Å². The van der Waals surface area contributed by atoms with E-state index in [0.29, 0.717) is 13.1 Å². The van der Waals surface area contributed by atoms with E-state index in [9.17, 15) is 5.11 Å². The molecule has 0 amide bonds. The van der Waals surface area contributed by atoms with Gasteiger partial charge in [0, 0.05) is 17.2 Å². The third-order valence-electron chi connectivity index (χ3n) is 2.63. The first-order valence-electron chi connectivity index (χ1n) is 5.07. The Labute approximate surface area is 104 Å². The van der Waals surface area contributed by atoms with Crippen LogP contribution in [0.5, 0.6) is 0 Å². The van der Waals surface area contributed by atoms with Gasteiger partial charge in [0.1, 0.15) is 12.5 Å². The molecule has 1 saturated heterocycles. The van der Waals surface area contributed by atoms with Crippen LogP contribution in [-0.2, 0) is 0 Å². The zero-order valence-corrected chi connectivity index (χ0v) is 10.0. The van der Waals surface area contributed by atoms with Gasteiger partial charge in [-0.3, -0.25) is 4.99 Å². The fourth-order valence-corrected chi connectivity index (χ4v) is 3.19. The summed E-state index contributed by atoms with van der Waals surface area (Å²) < 4.78 is 0. The maximum absolute atomic E-state index is 9.68. The molecule has 0 radical (unpaired) electrons. The van der Waals surface area contributed by atoms with Gasteiger partial charge in [-0.15, -0.1) is 11.8 Å². The van der Waals surface area contributed by atoms with Gasteiger partial charge in [-0.05, 0) is 0 Å². The van der Waals surface area contributed by atoms with Crippen LogP contribution < -0.4 is 5.32 Å². The van der Waals surface area contributed by atoms with Gasteiger partial charge in [0.15, 0.2) is 0 Å². The highest BCUT2D eigenvalue weighted by molar-refractivity contribution is 8.00. The highest BCUT2D eigenvalue weighted by Crippen LogP contribution is 2.37. The molecule has 0 aromatic heterocycles. The fraction of sp³-hybridized carbons (Fsp3) is 0.667.